The second kappa shape index (κ2) is 5.90. The number of carboxylic acid groups (broad SMARTS) is 1. The van der Waals surface area contributed by atoms with E-state index in [4.69, 9.17) is 5.11 Å². The van der Waals surface area contributed by atoms with Crippen LogP contribution in [0.15, 0.2) is 18.5 Å². The van der Waals surface area contributed by atoms with E-state index < -0.39 is 12.0 Å². The fourth-order valence-corrected chi connectivity index (χ4v) is 1.08. The summed E-state index contributed by atoms with van der Waals surface area (Å²) in [5.41, 5.74) is 0. The molecule has 0 aliphatic heterocycles. The van der Waals surface area contributed by atoms with E-state index in [1.807, 2.05) is 0 Å². The SMILES string of the molecule is CC(C(=O)O)N(C)CC(=O)Nc1ncccn1. The Bertz CT molecular complexity index is 396. The topological polar surface area (TPSA) is 95.4 Å². The van der Waals surface area contributed by atoms with Gasteiger partial charge in [-0.25, -0.2) is 9.97 Å². The van der Waals surface area contributed by atoms with E-state index in [1.54, 1.807) is 13.1 Å². The minimum Gasteiger partial charge on any atom is -0.480 e. The van der Waals surface area contributed by atoms with Crippen molar-refractivity contribution in [3.8, 4) is 0 Å². The molecule has 0 aliphatic rings. The van der Waals surface area contributed by atoms with Gasteiger partial charge in [0.25, 0.3) is 0 Å². The number of nitrogens with one attached hydrogen (secondary N) is 1. The van der Waals surface area contributed by atoms with Gasteiger partial charge in [0.1, 0.15) is 6.04 Å². The summed E-state index contributed by atoms with van der Waals surface area (Å²) in [5, 5.41) is 11.2. The van der Waals surface area contributed by atoms with Crippen molar-refractivity contribution in [1.29, 1.82) is 0 Å². The lowest BCUT2D eigenvalue weighted by molar-refractivity contribution is -0.142. The standard InChI is InChI=1S/C10H14N4O3/c1-7(9(16)17)14(2)6-8(15)13-10-11-4-3-5-12-10/h3-5,7H,6H2,1-2H3,(H,16,17)(H,11,12,13,15). The first-order valence-electron chi connectivity index (χ1n) is 5.00. The lowest BCUT2D eigenvalue weighted by Gasteiger charge is -2.19. The van der Waals surface area contributed by atoms with Crippen LogP contribution in [-0.4, -0.2) is 51.5 Å². The Hall–Kier alpha value is -2.02. The summed E-state index contributed by atoms with van der Waals surface area (Å²) in [6.07, 6.45) is 3.01. The molecule has 2 N–H and O–H groups in total. The smallest absolute Gasteiger partial charge is 0.320 e. The Labute approximate surface area is 98.5 Å². The van der Waals surface area contributed by atoms with Crippen molar-refractivity contribution in [3.05, 3.63) is 18.5 Å². The van der Waals surface area contributed by atoms with E-state index in [1.165, 1.54) is 24.2 Å². The number of aromatic nitrogens is 2. The monoisotopic (exact) mass is 238 g/mol. The molecule has 92 valence electrons. The summed E-state index contributed by atoms with van der Waals surface area (Å²) in [6, 6.07) is 0.909. The third-order valence-electron chi connectivity index (χ3n) is 2.23. The molecule has 7 nitrogen and oxygen atoms in total. The van der Waals surface area contributed by atoms with Crippen molar-refractivity contribution in [2.24, 2.45) is 0 Å². The van der Waals surface area contributed by atoms with Gasteiger partial charge in [-0.3, -0.25) is 19.8 Å². The zero-order valence-electron chi connectivity index (χ0n) is 9.62. The minimum absolute atomic E-state index is 0.0360. The van der Waals surface area contributed by atoms with E-state index in [0.29, 0.717) is 0 Å². The maximum Gasteiger partial charge on any atom is 0.320 e. The zero-order chi connectivity index (χ0) is 12.8. The first-order valence-corrected chi connectivity index (χ1v) is 5.00. The third kappa shape index (κ3) is 4.15. The number of amides is 1. The molecule has 0 aromatic carbocycles. The lowest BCUT2D eigenvalue weighted by Crippen LogP contribution is -2.40. The van der Waals surface area contributed by atoms with Crippen molar-refractivity contribution in [1.82, 2.24) is 14.9 Å². The van der Waals surface area contributed by atoms with Crippen LogP contribution in [0, 0.1) is 0 Å². The van der Waals surface area contributed by atoms with Crippen LogP contribution in [-0.2, 0) is 9.59 Å². The van der Waals surface area contributed by atoms with E-state index in [2.05, 4.69) is 15.3 Å². The molecular formula is C10H14N4O3. The predicted molar refractivity (Wildman–Crippen MR) is 60.4 cm³/mol. The second-order valence-electron chi connectivity index (χ2n) is 3.55. The van der Waals surface area contributed by atoms with E-state index >= 15 is 0 Å². The van der Waals surface area contributed by atoms with Crippen LogP contribution >= 0.6 is 0 Å². The lowest BCUT2D eigenvalue weighted by atomic mass is 10.3. The minimum atomic E-state index is -0.976. The third-order valence-corrected chi connectivity index (χ3v) is 2.23. The van der Waals surface area contributed by atoms with Gasteiger partial charge in [0.05, 0.1) is 6.54 Å². The Balaban J connectivity index is 2.48. The van der Waals surface area contributed by atoms with Gasteiger partial charge in [0.2, 0.25) is 11.9 Å². The van der Waals surface area contributed by atoms with Crippen molar-refractivity contribution in [3.63, 3.8) is 0 Å². The Morgan fingerprint density at radius 3 is 2.59 bits per heavy atom. The van der Waals surface area contributed by atoms with Gasteiger partial charge >= 0.3 is 5.97 Å². The average Bonchev–Trinajstić information content (AvgIpc) is 2.28. The summed E-state index contributed by atoms with van der Waals surface area (Å²) >= 11 is 0. The van der Waals surface area contributed by atoms with Gasteiger partial charge in [0, 0.05) is 12.4 Å². The molecule has 0 radical (unpaired) electrons. The highest BCUT2D eigenvalue weighted by Crippen LogP contribution is 1.98. The first-order chi connectivity index (χ1) is 8.00. The van der Waals surface area contributed by atoms with Gasteiger partial charge in [-0.2, -0.15) is 0 Å². The maximum atomic E-state index is 11.5. The summed E-state index contributed by atoms with van der Waals surface area (Å²) in [4.78, 5) is 31.3. The fourth-order valence-electron chi connectivity index (χ4n) is 1.08. The molecule has 0 saturated carbocycles. The largest absolute Gasteiger partial charge is 0.480 e. The maximum absolute atomic E-state index is 11.5. The van der Waals surface area contributed by atoms with Crippen LogP contribution < -0.4 is 5.32 Å². The number of hydrogen-bond donors (Lipinski definition) is 2. The number of anilines is 1. The second-order valence-corrected chi connectivity index (χ2v) is 3.55. The highest BCUT2D eigenvalue weighted by atomic mass is 16.4. The number of carbonyl (C=O) groups excluding carboxylic acids is 1. The van der Waals surface area contributed by atoms with Crippen LogP contribution in [0.25, 0.3) is 0 Å². The van der Waals surface area contributed by atoms with Crippen molar-refractivity contribution in [2.45, 2.75) is 13.0 Å². The molecule has 1 amide bonds. The van der Waals surface area contributed by atoms with E-state index in [-0.39, 0.29) is 18.4 Å². The van der Waals surface area contributed by atoms with E-state index in [9.17, 15) is 9.59 Å². The molecule has 0 saturated heterocycles. The number of carboxylic acids is 1. The molecule has 1 heterocycles. The molecule has 0 bridgehead atoms. The molecule has 1 unspecified atom stereocenters. The number of hydrogen-bond acceptors (Lipinski definition) is 5. The highest BCUT2D eigenvalue weighted by Gasteiger charge is 2.19. The van der Waals surface area contributed by atoms with Crippen LogP contribution in [0.2, 0.25) is 0 Å². The molecule has 1 aromatic heterocycles. The molecule has 0 spiro atoms. The average molecular weight is 238 g/mol. The zero-order valence-corrected chi connectivity index (χ0v) is 9.62. The molecule has 0 fully saturated rings. The number of rotatable bonds is 5. The van der Waals surface area contributed by atoms with Crippen molar-refractivity contribution in [2.75, 3.05) is 18.9 Å². The molecule has 17 heavy (non-hydrogen) atoms. The molecule has 7 heteroatoms. The number of nitrogens with zero attached hydrogens (tertiary/aromatic N) is 3. The Kier molecular flexibility index (Phi) is 4.53. The first kappa shape index (κ1) is 13.0. The van der Waals surface area contributed by atoms with Gasteiger partial charge in [-0.05, 0) is 20.0 Å². The van der Waals surface area contributed by atoms with Crippen LogP contribution in [0.1, 0.15) is 6.92 Å². The summed E-state index contributed by atoms with van der Waals surface area (Å²) in [6.45, 7) is 1.47. The normalized spacial score (nSPS) is 12.2. The van der Waals surface area contributed by atoms with Crippen molar-refractivity contribution < 1.29 is 14.7 Å². The van der Waals surface area contributed by atoms with E-state index in [0.717, 1.165) is 0 Å². The Morgan fingerprint density at radius 2 is 2.06 bits per heavy atom. The van der Waals surface area contributed by atoms with Crippen molar-refractivity contribution >= 4 is 17.8 Å². The summed E-state index contributed by atoms with van der Waals surface area (Å²) in [5.74, 6) is -1.13. The van der Waals surface area contributed by atoms with Gasteiger partial charge in [-0.15, -0.1) is 0 Å². The number of aliphatic carboxylic acids is 1. The van der Waals surface area contributed by atoms with Gasteiger partial charge in [0.15, 0.2) is 0 Å². The molecular weight excluding hydrogens is 224 g/mol. The van der Waals surface area contributed by atoms with Crippen LogP contribution in [0.5, 0.6) is 0 Å². The van der Waals surface area contributed by atoms with Gasteiger partial charge < -0.3 is 5.11 Å². The molecule has 0 aliphatic carbocycles. The molecule has 1 rings (SSSR count). The van der Waals surface area contributed by atoms with Gasteiger partial charge in [-0.1, -0.05) is 0 Å². The fraction of sp³-hybridized carbons (Fsp3) is 0.400. The number of carbonyl (C=O) groups is 2. The highest BCUT2D eigenvalue weighted by molar-refractivity contribution is 5.90. The van der Waals surface area contributed by atoms with Crippen LogP contribution in [0.3, 0.4) is 0 Å². The number of likely N-dealkylation sites (N-methyl/N-ethyl adjacent to an activating group) is 1. The quantitative estimate of drug-likeness (QED) is 0.738. The van der Waals surface area contributed by atoms with Crippen LogP contribution in [0.4, 0.5) is 5.95 Å². The summed E-state index contributed by atoms with van der Waals surface area (Å²) in [7, 11) is 1.56. The molecule has 1 atom stereocenters. The molecule has 1 aromatic rings. The summed E-state index contributed by atoms with van der Waals surface area (Å²) < 4.78 is 0. The Morgan fingerprint density at radius 1 is 1.47 bits per heavy atom. The predicted octanol–water partition coefficient (Wildman–Crippen LogP) is -0.180.